The maximum absolute atomic E-state index is 6.40. The van der Waals surface area contributed by atoms with E-state index in [0.29, 0.717) is 11.6 Å². The average Bonchev–Trinajstić information content (AvgIpc) is 2.47. The van der Waals surface area contributed by atoms with Crippen molar-refractivity contribution in [2.75, 3.05) is 13.1 Å². The Morgan fingerprint density at radius 1 is 1.33 bits per heavy atom. The van der Waals surface area contributed by atoms with E-state index in [1.165, 1.54) is 37.7 Å². The molecule has 21 heavy (non-hydrogen) atoms. The second-order valence-corrected chi connectivity index (χ2v) is 8.03. The van der Waals surface area contributed by atoms with Gasteiger partial charge in [0.2, 0.25) is 0 Å². The number of hydrogen-bond donors (Lipinski definition) is 1. The molecule has 1 saturated heterocycles. The van der Waals surface area contributed by atoms with E-state index in [9.17, 15) is 0 Å². The average molecular weight is 372 g/mol. The highest BCUT2D eigenvalue weighted by Gasteiger charge is 2.38. The van der Waals surface area contributed by atoms with Crippen LogP contribution in [-0.4, -0.2) is 29.6 Å². The van der Waals surface area contributed by atoms with E-state index in [4.69, 9.17) is 11.6 Å². The Hall–Kier alpha value is -0.0900. The van der Waals surface area contributed by atoms with Crippen LogP contribution in [0.25, 0.3) is 0 Å². The van der Waals surface area contributed by atoms with E-state index in [2.05, 4.69) is 45.2 Å². The molecular formula is C17H24BrClN2. The smallest absolute Gasteiger partial charge is 0.0462 e. The Balaban J connectivity index is 1.73. The van der Waals surface area contributed by atoms with Gasteiger partial charge in [0.15, 0.2) is 0 Å². The third-order valence-corrected chi connectivity index (χ3v) is 5.95. The van der Waals surface area contributed by atoms with Gasteiger partial charge in [0.05, 0.1) is 0 Å². The summed E-state index contributed by atoms with van der Waals surface area (Å²) in [6.45, 7) is 5.51. The van der Waals surface area contributed by atoms with Crippen molar-refractivity contribution in [2.24, 2.45) is 0 Å². The van der Waals surface area contributed by atoms with Gasteiger partial charge < -0.3 is 5.32 Å². The molecule has 1 atom stereocenters. The lowest BCUT2D eigenvalue weighted by molar-refractivity contribution is 0.0573. The first-order valence-electron chi connectivity index (χ1n) is 8.01. The summed E-state index contributed by atoms with van der Waals surface area (Å²) in [5, 5.41) is 4.71. The lowest BCUT2D eigenvalue weighted by Gasteiger charge is -2.49. The first-order chi connectivity index (χ1) is 10.1. The summed E-state index contributed by atoms with van der Waals surface area (Å²) in [7, 11) is 0. The number of halogens is 2. The van der Waals surface area contributed by atoms with Crippen molar-refractivity contribution in [1.29, 1.82) is 0 Å². The fourth-order valence-electron chi connectivity index (χ4n) is 3.74. The SMILES string of the molecule is CC1CNC2(CCCCC2)CN1Cc1ccc(Br)cc1Cl. The molecule has 1 aromatic carbocycles. The first-order valence-corrected chi connectivity index (χ1v) is 9.18. The zero-order chi connectivity index (χ0) is 14.9. The van der Waals surface area contributed by atoms with Gasteiger partial charge in [-0.3, -0.25) is 4.90 Å². The number of piperazine rings is 1. The second kappa shape index (κ2) is 6.57. The van der Waals surface area contributed by atoms with Crippen LogP contribution in [0.4, 0.5) is 0 Å². The Morgan fingerprint density at radius 2 is 2.10 bits per heavy atom. The van der Waals surface area contributed by atoms with Crippen LogP contribution >= 0.6 is 27.5 Å². The van der Waals surface area contributed by atoms with Crippen molar-refractivity contribution in [1.82, 2.24) is 10.2 Å². The molecule has 1 spiro atoms. The Bertz CT molecular complexity index is 500. The van der Waals surface area contributed by atoms with Gasteiger partial charge in [-0.05, 0) is 37.5 Å². The molecule has 1 unspecified atom stereocenters. The summed E-state index contributed by atoms with van der Waals surface area (Å²) in [4.78, 5) is 2.61. The van der Waals surface area contributed by atoms with Gasteiger partial charge >= 0.3 is 0 Å². The third kappa shape index (κ3) is 3.64. The Kier molecular flexibility index (Phi) is 4.94. The molecule has 2 aliphatic rings. The van der Waals surface area contributed by atoms with Crippen LogP contribution in [0.2, 0.25) is 5.02 Å². The van der Waals surface area contributed by atoms with Gasteiger partial charge in [-0.15, -0.1) is 0 Å². The van der Waals surface area contributed by atoms with E-state index in [1.807, 2.05) is 6.07 Å². The molecule has 116 valence electrons. The van der Waals surface area contributed by atoms with Gasteiger partial charge in [-0.25, -0.2) is 0 Å². The molecule has 2 fully saturated rings. The zero-order valence-electron chi connectivity index (χ0n) is 12.7. The normalized spacial score (nSPS) is 26.1. The largest absolute Gasteiger partial charge is 0.308 e. The van der Waals surface area contributed by atoms with Crippen LogP contribution < -0.4 is 5.32 Å². The van der Waals surface area contributed by atoms with Crippen molar-refractivity contribution in [3.05, 3.63) is 33.3 Å². The van der Waals surface area contributed by atoms with E-state index in [1.54, 1.807) is 0 Å². The summed E-state index contributed by atoms with van der Waals surface area (Å²) in [6, 6.07) is 6.80. The van der Waals surface area contributed by atoms with E-state index in [0.717, 1.165) is 29.1 Å². The predicted molar refractivity (Wildman–Crippen MR) is 92.8 cm³/mol. The third-order valence-electron chi connectivity index (χ3n) is 5.10. The van der Waals surface area contributed by atoms with E-state index >= 15 is 0 Å². The monoisotopic (exact) mass is 370 g/mol. The molecule has 0 amide bonds. The maximum Gasteiger partial charge on any atom is 0.0462 e. The fourth-order valence-corrected chi connectivity index (χ4v) is 4.47. The van der Waals surface area contributed by atoms with Crippen LogP contribution in [0.15, 0.2) is 22.7 Å². The molecule has 1 saturated carbocycles. The van der Waals surface area contributed by atoms with Crippen molar-refractivity contribution in [2.45, 2.75) is 57.2 Å². The van der Waals surface area contributed by atoms with Crippen LogP contribution in [0.1, 0.15) is 44.6 Å². The fraction of sp³-hybridized carbons (Fsp3) is 0.647. The molecule has 1 N–H and O–H groups in total. The Labute approximate surface area is 141 Å². The predicted octanol–water partition coefficient (Wildman–Crippen LogP) is 4.60. The summed E-state index contributed by atoms with van der Waals surface area (Å²) < 4.78 is 1.05. The molecule has 1 aromatic rings. The number of benzene rings is 1. The van der Waals surface area contributed by atoms with Crippen molar-refractivity contribution in [3.63, 3.8) is 0 Å². The van der Waals surface area contributed by atoms with Crippen LogP contribution in [0.5, 0.6) is 0 Å². The van der Waals surface area contributed by atoms with E-state index in [-0.39, 0.29) is 0 Å². The van der Waals surface area contributed by atoms with Gasteiger partial charge in [-0.2, -0.15) is 0 Å². The number of nitrogens with zero attached hydrogens (tertiary/aromatic N) is 1. The van der Waals surface area contributed by atoms with Gasteiger partial charge in [0, 0.05) is 40.7 Å². The molecular weight excluding hydrogens is 348 g/mol. The quantitative estimate of drug-likeness (QED) is 0.817. The van der Waals surface area contributed by atoms with Gasteiger partial charge in [0.1, 0.15) is 0 Å². The minimum Gasteiger partial charge on any atom is -0.308 e. The summed E-state index contributed by atoms with van der Waals surface area (Å²) in [5.41, 5.74) is 1.59. The summed E-state index contributed by atoms with van der Waals surface area (Å²) in [6.07, 6.45) is 6.79. The molecule has 3 rings (SSSR count). The van der Waals surface area contributed by atoms with Crippen LogP contribution in [-0.2, 0) is 6.54 Å². The molecule has 0 bridgehead atoms. The topological polar surface area (TPSA) is 15.3 Å². The molecule has 1 aliphatic heterocycles. The Morgan fingerprint density at radius 3 is 2.81 bits per heavy atom. The molecule has 2 nitrogen and oxygen atoms in total. The minimum atomic E-state index is 0.354. The molecule has 0 aromatic heterocycles. The van der Waals surface area contributed by atoms with E-state index < -0.39 is 0 Å². The van der Waals surface area contributed by atoms with Crippen molar-refractivity contribution in [3.8, 4) is 0 Å². The first kappa shape index (κ1) is 15.8. The van der Waals surface area contributed by atoms with Crippen LogP contribution in [0, 0.1) is 0 Å². The second-order valence-electron chi connectivity index (χ2n) is 6.71. The highest BCUT2D eigenvalue weighted by molar-refractivity contribution is 9.10. The molecule has 4 heteroatoms. The highest BCUT2D eigenvalue weighted by Crippen LogP contribution is 2.33. The summed E-state index contributed by atoms with van der Waals surface area (Å²) in [5.74, 6) is 0. The number of rotatable bonds is 2. The minimum absolute atomic E-state index is 0.354. The summed E-state index contributed by atoms with van der Waals surface area (Å²) >= 11 is 9.88. The van der Waals surface area contributed by atoms with Crippen molar-refractivity contribution < 1.29 is 0 Å². The molecule has 1 heterocycles. The standard InChI is InChI=1S/C17H24BrClN2/c1-13-10-20-17(7-3-2-4-8-17)12-21(13)11-14-5-6-15(18)9-16(14)19/h5-6,9,13,20H,2-4,7-8,10-12H2,1H3. The lowest BCUT2D eigenvalue weighted by atomic mass is 9.79. The number of nitrogens with one attached hydrogen (secondary N) is 1. The zero-order valence-corrected chi connectivity index (χ0v) is 15.0. The number of hydrogen-bond acceptors (Lipinski definition) is 2. The lowest BCUT2D eigenvalue weighted by Crippen LogP contribution is -2.63. The molecule has 1 aliphatic carbocycles. The highest BCUT2D eigenvalue weighted by atomic mass is 79.9. The van der Waals surface area contributed by atoms with Gasteiger partial charge in [0.25, 0.3) is 0 Å². The van der Waals surface area contributed by atoms with Gasteiger partial charge in [-0.1, -0.05) is 52.9 Å². The van der Waals surface area contributed by atoms with Crippen molar-refractivity contribution >= 4 is 27.5 Å². The van der Waals surface area contributed by atoms with Crippen LogP contribution in [0.3, 0.4) is 0 Å². The maximum atomic E-state index is 6.40. The molecule has 0 radical (unpaired) electrons.